The highest BCUT2D eigenvalue weighted by Gasteiger charge is 2.26. The number of methoxy groups -OCH3 is 2. The first-order valence-electron chi connectivity index (χ1n) is 4.68. The van der Waals surface area contributed by atoms with Gasteiger partial charge in [-0.25, -0.2) is 4.79 Å². The van der Waals surface area contributed by atoms with Crippen LogP contribution in [0, 0.1) is 0 Å². The number of carbonyl (C=O) groups is 1. The van der Waals surface area contributed by atoms with Gasteiger partial charge in [-0.1, -0.05) is 12.1 Å². The molecule has 0 saturated heterocycles. The Morgan fingerprint density at radius 1 is 1.19 bits per heavy atom. The number of hydrogen-bond acceptors (Lipinski definition) is 5. The molecule has 5 nitrogen and oxygen atoms in total. The van der Waals surface area contributed by atoms with Crippen molar-refractivity contribution in [2.24, 2.45) is 0 Å². The fraction of sp³-hybridized carbons (Fsp3) is 0.364. The fourth-order valence-electron chi connectivity index (χ4n) is 1.23. The molecule has 88 valence electrons. The van der Waals surface area contributed by atoms with Crippen molar-refractivity contribution in [3.63, 3.8) is 0 Å². The number of benzene rings is 1. The van der Waals surface area contributed by atoms with Crippen LogP contribution in [-0.2, 0) is 9.53 Å². The van der Waals surface area contributed by atoms with Gasteiger partial charge in [-0.3, -0.25) is 0 Å². The third-order valence-corrected chi connectivity index (χ3v) is 2.20. The van der Waals surface area contributed by atoms with Gasteiger partial charge >= 0.3 is 5.97 Å². The van der Waals surface area contributed by atoms with Crippen LogP contribution in [0.4, 0.5) is 0 Å². The predicted molar refractivity (Wildman–Crippen MR) is 56.0 cm³/mol. The molecule has 1 aromatic carbocycles. The minimum atomic E-state index is -1.58. The van der Waals surface area contributed by atoms with Crippen molar-refractivity contribution in [1.82, 2.24) is 0 Å². The Morgan fingerprint density at radius 2 is 1.75 bits per heavy atom. The van der Waals surface area contributed by atoms with E-state index in [1.807, 2.05) is 0 Å². The molecule has 0 saturated carbocycles. The lowest BCUT2D eigenvalue weighted by atomic mass is 10.0. The van der Waals surface area contributed by atoms with Gasteiger partial charge in [0.25, 0.3) is 0 Å². The zero-order valence-electron chi connectivity index (χ0n) is 9.08. The van der Waals surface area contributed by atoms with E-state index in [-0.39, 0.29) is 0 Å². The number of carbonyl (C=O) groups excluding carboxylic acids is 1. The van der Waals surface area contributed by atoms with Gasteiger partial charge in [-0.2, -0.15) is 0 Å². The molecular formula is C11H14O5. The maximum absolute atomic E-state index is 11.0. The SMILES string of the molecule is COC(=O)[C@@H](O)[C@@H](O)c1ccc(OC)cc1. The standard InChI is InChI=1S/C11H14O5/c1-15-8-5-3-7(4-6-8)9(12)10(13)11(14)16-2/h3-6,9-10,12-13H,1-2H3/t9-,10-/m0/s1. The molecule has 1 rings (SSSR count). The van der Waals surface area contributed by atoms with Crippen molar-refractivity contribution < 1.29 is 24.5 Å². The molecule has 0 aliphatic rings. The quantitative estimate of drug-likeness (QED) is 0.720. The number of ether oxygens (including phenoxy) is 2. The van der Waals surface area contributed by atoms with Crippen LogP contribution in [0.15, 0.2) is 24.3 Å². The Bertz CT molecular complexity index is 346. The molecule has 0 bridgehead atoms. The van der Waals surface area contributed by atoms with Gasteiger partial charge < -0.3 is 19.7 Å². The lowest BCUT2D eigenvalue weighted by Gasteiger charge is -2.16. The van der Waals surface area contributed by atoms with Crippen molar-refractivity contribution >= 4 is 5.97 Å². The van der Waals surface area contributed by atoms with Gasteiger partial charge in [-0.15, -0.1) is 0 Å². The van der Waals surface area contributed by atoms with E-state index >= 15 is 0 Å². The Morgan fingerprint density at radius 3 is 2.19 bits per heavy atom. The molecule has 5 heteroatoms. The summed E-state index contributed by atoms with van der Waals surface area (Å²) in [4.78, 5) is 11.0. The molecule has 2 atom stereocenters. The summed E-state index contributed by atoms with van der Waals surface area (Å²) in [6.07, 6.45) is -2.89. The van der Waals surface area contributed by atoms with Crippen molar-refractivity contribution in [3.05, 3.63) is 29.8 Å². The van der Waals surface area contributed by atoms with E-state index in [2.05, 4.69) is 4.74 Å². The highest BCUT2D eigenvalue weighted by Crippen LogP contribution is 2.20. The summed E-state index contributed by atoms with van der Waals surface area (Å²) < 4.78 is 9.27. The number of esters is 1. The van der Waals surface area contributed by atoms with Crippen molar-refractivity contribution in [2.75, 3.05) is 14.2 Å². The summed E-state index contributed by atoms with van der Waals surface area (Å²) >= 11 is 0. The maximum Gasteiger partial charge on any atom is 0.337 e. The van der Waals surface area contributed by atoms with E-state index < -0.39 is 18.2 Å². The Labute approximate surface area is 93.2 Å². The zero-order valence-corrected chi connectivity index (χ0v) is 9.08. The average Bonchev–Trinajstić information content (AvgIpc) is 2.36. The number of aliphatic hydroxyl groups excluding tert-OH is 2. The van der Waals surface area contributed by atoms with Crippen LogP contribution < -0.4 is 4.74 Å². The summed E-state index contributed by atoms with van der Waals surface area (Å²) in [6.45, 7) is 0. The van der Waals surface area contributed by atoms with Crippen molar-refractivity contribution in [1.29, 1.82) is 0 Å². The molecule has 0 radical (unpaired) electrons. The van der Waals surface area contributed by atoms with E-state index in [4.69, 9.17) is 4.74 Å². The molecule has 0 aromatic heterocycles. The van der Waals surface area contributed by atoms with Gasteiger partial charge in [0.05, 0.1) is 14.2 Å². The summed E-state index contributed by atoms with van der Waals surface area (Å²) in [6, 6.07) is 6.39. The predicted octanol–water partition coefficient (Wildman–Crippen LogP) is 0.263. The second-order valence-electron chi connectivity index (χ2n) is 3.19. The molecule has 0 heterocycles. The van der Waals surface area contributed by atoms with Crippen LogP contribution in [0.1, 0.15) is 11.7 Å². The van der Waals surface area contributed by atoms with E-state index in [1.165, 1.54) is 7.11 Å². The normalized spacial score (nSPS) is 14.0. The van der Waals surface area contributed by atoms with E-state index in [0.29, 0.717) is 11.3 Å². The van der Waals surface area contributed by atoms with Crippen molar-refractivity contribution in [3.8, 4) is 5.75 Å². The first-order chi connectivity index (χ1) is 7.60. The van der Waals surface area contributed by atoms with E-state index in [0.717, 1.165) is 7.11 Å². The van der Waals surface area contributed by atoms with Crippen LogP contribution >= 0.6 is 0 Å². The fourth-order valence-corrected chi connectivity index (χ4v) is 1.23. The molecule has 0 unspecified atom stereocenters. The Kier molecular flexibility index (Phi) is 4.28. The first-order valence-corrected chi connectivity index (χ1v) is 4.68. The van der Waals surface area contributed by atoms with Crippen LogP contribution in [0.5, 0.6) is 5.75 Å². The number of hydrogen-bond donors (Lipinski definition) is 2. The lowest BCUT2D eigenvalue weighted by Crippen LogP contribution is -2.28. The third kappa shape index (κ3) is 2.71. The van der Waals surface area contributed by atoms with Crippen LogP contribution in [-0.4, -0.2) is 36.5 Å². The zero-order chi connectivity index (χ0) is 12.1. The molecular weight excluding hydrogens is 212 g/mol. The smallest absolute Gasteiger partial charge is 0.337 e. The van der Waals surface area contributed by atoms with Gasteiger partial charge in [0.2, 0.25) is 0 Å². The van der Waals surface area contributed by atoms with Gasteiger partial charge in [0, 0.05) is 0 Å². The van der Waals surface area contributed by atoms with E-state index in [9.17, 15) is 15.0 Å². The maximum atomic E-state index is 11.0. The summed E-state index contributed by atoms with van der Waals surface area (Å²) in [7, 11) is 2.67. The highest BCUT2D eigenvalue weighted by atomic mass is 16.5. The second kappa shape index (κ2) is 5.48. The Hall–Kier alpha value is -1.59. The average molecular weight is 226 g/mol. The largest absolute Gasteiger partial charge is 0.497 e. The topological polar surface area (TPSA) is 76.0 Å². The van der Waals surface area contributed by atoms with Gasteiger partial charge in [0.15, 0.2) is 6.10 Å². The minimum absolute atomic E-state index is 0.415. The molecule has 0 amide bonds. The van der Waals surface area contributed by atoms with Gasteiger partial charge in [-0.05, 0) is 17.7 Å². The summed E-state index contributed by atoms with van der Waals surface area (Å²) in [5.41, 5.74) is 0.415. The van der Waals surface area contributed by atoms with E-state index in [1.54, 1.807) is 24.3 Å². The van der Waals surface area contributed by atoms with Crippen LogP contribution in [0.3, 0.4) is 0 Å². The molecule has 0 spiro atoms. The highest BCUT2D eigenvalue weighted by molar-refractivity contribution is 5.75. The van der Waals surface area contributed by atoms with Crippen LogP contribution in [0.25, 0.3) is 0 Å². The second-order valence-corrected chi connectivity index (χ2v) is 3.19. The van der Waals surface area contributed by atoms with Crippen molar-refractivity contribution in [2.45, 2.75) is 12.2 Å². The number of aliphatic hydroxyl groups is 2. The lowest BCUT2D eigenvalue weighted by molar-refractivity contribution is -0.156. The molecule has 0 aliphatic heterocycles. The monoisotopic (exact) mass is 226 g/mol. The van der Waals surface area contributed by atoms with Gasteiger partial charge in [0.1, 0.15) is 11.9 Å². The molecule has 1 aromatic rings. The third-order valence-electron chi connectivity index (χ3n) is 2.20. The Balaban J connectivity index is 2.79. The summed E-state index contributed by atoms with van der Waals surface area (Å²) in [5, 5.41) is 19.1. The minimum Gasteiger partial charge on any atom is -0.497 e. The molecule has 0 fully saturated rings. The molecule has 16 heavy (non-hydrogen) atoms. The van der Waals surface area contributed by atoms with Crippen LogP contribution in [0.2, 0.25) is 0 Å². The molecule has 2 N–H and O–H groups in total. The number of rotatable bonds is 4. The first kappa shape index (κ1) is 12.5. The summed E-state index contributed by atoms with van der Waals surface area (Å²) in [5.74, 6) is -0.244. The molecule has 0 aliphatic carbocycles.